The standard InChI is InChI=1S/C38H40O16/c1-7-10-28(39)51-33-31(53-37(41)45-9-3)19(4)50-36(34(33)54-38(42)46-13-8-2)52-32-22-16-26(44-6)25(43-5)15-21(22)29(30-23(32)17-47-35(30)40)20-11-12-24-27(14-20)49-18-48-24/h8,11-12,14-16,19,31,33-34,36H,2,7,9-10,13,17-18H2,1,3-6H3/t19-,31-,33+,34-,36?/m1/s1. The number of carbonyl (C=O) groups excluding carboxylic acids is 4. The predicted molar refractivity (Wildman–Crippen MR) is 186 cm³/mol. The summed E-state index contributed by atoms with van der Waals surface area (Å²) < 4.78 is 68.2. The molecule has 3 heterocycles. The SMILES string of the molecule is C=CCOC(=O)O[C@H]1C(Oc2c3c(c(-c4ccc5c(c4)OCO5)c4cc(OC)c(OC)cc24)C(=O)OC3)O[C@H](C)[C@@H](OC(=O)OCC)[C@@H]1OC(=O)CCC. The summed E-state index contributed by atoms with van der Waals surface area (Å²) >= 11 is 0. The maximum Gasteiger partial charge on any atom is 0.509 e. The van der Waals surface area contributed by atoms with Gasteiger partial charge in [0.05, 0.1) is 26.4 Å². The lowest BCUT2D eigenvalue weighted by Crippen LogP contribution is -2.62. The van der Waals surface area contributed by atoms with Crippen LogP contribution in [-0.2, 0) is 44.6 Å². The Balaban J connectivity index is 1.53. The average molecular weight is 753 g/mol. The van der Waals surface area contributed by atoms with Crippen LogP contribution in [0.1, 0.15) is 49.5 Å². The molecule has 54 heavy (non-hydrogen) atoms. The van der Waals surface area contributed by atoms with Gasteiger partial charge in [0.2, 0.25) is 19.2 Å². The Morgan fingerprint density at radius 3 is 2.26 bits per heavy atom. The van der Waals surface area contributed by atoms with Crippen molar-refractivity contribution in [2.24, 2.45) is 0 Å². The molecule has 3 aliphatic heterocycles. The van der Waals surface area contributed by atoms with Gasteiger partial charge in [-0.15, -0.1) is 0 Å². The first-order chi connectivity index (χ1) is 26.1. The summed E-state index contributed by atoms with van der Waals surface area (Å²) in [6, 6.07) is 8.63. The highest BCUT2D eigenvalue weighted by Crippen LogP contribution is 2.50. The van der Waals surface area contributed by atoms with Gasteiger partial charge in [-0.2, -0.15) is 0 Å². The molecule has 0 amide bonds. The zero-order valence-corrected chi connectivity index (χ0v) is 30.3. The maximum atomic E-state index is 13.6. The van der Waals surface area contributed by atoms with E-state index in [4.69, 9.17) is 56.8 Å². The van der Waals surface area contributed by atoms with E-state index in [1.54, 1.807) is 51.1 Å². The van der Waals surface area contributed by atoms with E-state index in [2.05, 4.69) is 6.58 Å². The molecule has 3 aliphatic rings. The average Bonchev–Trinajstić information content (AvgIpc) is 3.79. The number of rotatable bonds is 13. The van der Waals surface area contributed by atoms with Crippen molar-refractivity contribution in [1.82, 2.24) is 0 Å². The monoisotopic (exact) mass is 752 g/mol. The molecule has 0 saturated carbocycles. The van der Waals surface area contributed by atoms with Gasteiger partial charge in [0, 0.05) is 22.9 Å². The Kier molecular flexibility index (Phi) is 11.5. The summed E-state index contributed by atoms with van der Waals surface area (Å²) in [6.45, 7) is 8.09. The number of esters is 2. The fourth-order valence-corrected chi connectivity index (χ4v) is 6.45. The number of fused-ring (bicyclic) bond motifs is 3. The molecule has 3 aromatic carbocycles. The Morgan fingerprint density at radius 2 is 1.56 bits per heavy atom. The van der Waals surface area contributed by atoms with Gasteiger partial charge in [0.15, 0.2) is 35.2 Å². The summed E-state index contributed by atoms with van der Waals surface area (Å²) in [7, 11) is 2.94. The van der Waals surface area contributed by atoms with Crippen molar-refractivity contribution in [3.05, 3.63) is 54.1 Å². The molecule has 1 unspecified atom stereocenters. The van der Waals surface area contributed by atoms with Crippen LogP contribution in [0.4, 0.5) is 9.59 Å². The number of methoxy groups -OCH3 is 2. The second-order valence-corrected chi connectivity index (χ2v) is 12.2. The van der Waals surface area contributed by atoms with Gasteiger partial charge in [-0.3, -0.25) is 4.79 Å². The molecule has 1 saturated heterocycles. The first kappa shape index (κ1) is 37.8. The van der Waals surface area contributed by atoms with E-state index in [0.717, 1.165) is 0 Å². The van der Waals surface area contributed by atoms with Crippen LogP contribution >= 0.6 is 0 Å². The Hall–Kier alpha value is -5.90. The van der Waals surface area contributed by atoms with Crippen molar-refractivity contribution in [3.63, 3.8) is 0 Å². The fourth-order valence-electron chi connectivity index (χ4n) is 6.45. The normalized spacial score (nSPS) is 21.0. The third-order valence-electron chi connectivity index (χ3n) is 8.81. The van der Waals surface area contributed by atoms with E-state index in [-0.39, 0.29) is 44.3 Å². The van der Waals surface area contributed by atoms with E-state index in [0.29, 0.717) is 56.9 Å². The number of hydrogen-bond acceptors (Lipinski definition) is 16. The van der Waals surface area contributed by atoms with Gasteiger partial charge in [0.25, 0.3) is 0 Å². The summed E-state index contributed by atoms with van der Waals surface area (Å²) in [5.41, 5.74) is 1.61. The van der Waals surface area contributed by atoms with Gasteiger partial charge >= 0.3 is 24.2 Å². The molecular formula is C38H40O16. The highest BCUT2D eigenvalue weighted by Gasteiger charge is 2.53. The van der Waals surface area contributed by atoms with Crippen molar-refractivity contribution >= 4 is 35.0 Å². The third-order valence-corrected chi connectivity index (χ3v) is 8.81. The van der Waals surface area contributed by atoms with Crippen molar-refractivity contribution in [2.45, 2.75) is 70.9 Å². The molecule has 0 bridgehead atoms. The van der Waals surface area contributed by atoms with Gasteiger partial charge in [-0.05, 0) is 55.5 Å². The lowest BCUT2D eigenvalue weighted by Gasteiger charge is -2.43. The quantitative estimate of drug-likeness (QED) is 0.112. The molecular weight excluding hydrogens is 712 g/mol. The summed E-state index contributed by atoms with van der Waals surface area (Å²) in [5.74, 6) is 0.498. The van der Waals surface area contributed by atoms with Gasteiger partial charge in [0.1, 0.15) is 25.1 Å². The van der Waals surface area contributed by atoms with Crippen molar-refractivity contribution < 1.29 is 76.0 Å². The molecule has 0 spiro atoms. The second kappa shape index (κ2) is 16.4. The number of benzene rings is 3. The molecule has 0 aliphatic carbocycles. The Labute approximate surface area is 310 Å². The number of ether oxygens (including phenoxy) is 12. The Morgan fingerprint density at radius 1 is 0.852 bits per heavy atom. The summed E-state index contributed by atoms with van der Waals surface area (Å²) in [5, 5.41) is 0.909. The van der Waals surface area contributed by atoms with Crippen LogP contribution in [0.2, 0.25) is 0 Å². The minimum absolute atomic E-state index is 0.00242. The maximum absolute atomic E-state index is 13.6. The fraction of sp³-hybridized carbons (Fsp3) is 0.421. The Bertz CT molecular complexity index is 1940. The first-order valence-corrected chi connectivity index (χ1v) is 17.2. The summed E-state index contributed by atoms with van der Waals surface area (Å²) in [6.07, 6.45) is -7.47. The zero-order chi connectivity index (χ0) is 38.5. The molecule has 0 N–H and O–H groups in total. The first-order valence-electron chi connectivity index (χ1n) is 17.2. The number of carbonyl (C=O) groups is 4. The molecule has 1 fully saturated rings. The van der Waals surface area contributed by atoms with Gasteiger partial charge in [-0.25, -0.2) is 14.4 Å². The zero-order valence-electron chi connectivity index (χ0n) is 30.3. The molecule has 16 heteroatoms. The number of hydrogen-bond donors (Lipinski definition) is 0. The highest BCUT2D eigenvalue weighted by atomic mass is 16.8. The molecule has 6 rings (SSSR count). The van der Waals surface area contributed by atoms with E-state index in [1.807, 2.05) is 0 Å². The van der Waals surface area contributed by atoms with Gasteiger partial charge in [-0.1, -0.05) is 25.6 Å². The second-order valence-electron chi connectivity index (χ2n) is 12.2. The van der Waals surface area contributed by atoms with Crippen LogP contribution in [0.5, 0.6) is 28.7 Å². The van der Waals surface area contributed by atoms with E-state index in [9.17, 15) is 19.2 Å². The smallest absolute Gasteiger partial charge is 0.493 e. The molecule has 0 radical (unpaired) electrons. The predicted octanol–water partition coefficient (Wildman–Crippen LogP) is 6.01. The molecule has 16 nitrogen and oxygen atoms in total. The van der Waals surface area contributed by atoms with Gasteiger partial charge < -0.3 is 56.8 Å². The van der Waals surface area contributed by atoms with Crippen LogP contribution in [0.3, 0.4) is 0 Å². The number of cyclic esters (lactones) is 1. The molecule has 288 valence electrons. The largest absolute Gasteiger partial charge is 0.509 e. The van der Waals surface area contributed by atoms with Crippen LogP contribution in [0.25, 0.3) is 21.9 Å². The van der Waals surface area contributed by atoms with Crippen molar-refractivity contribution in [3.8, 4) is 39.9 Å². The highest BCUT2D eigenvalue weighted by molar-refractivity contribution is 6.14. The molecule has 3 aromatic rings. The van der Waals surface area contributed by atoms with Crippen molar-refractivity contribution in [1.29, 1.82) is 0 Å². The minimum atomic E-state index is -1.60. The van der Waals surface area contributed by atoms with Crippen LogP contribution in [0.15, 0.2) is 43.0 Å². The third kappa shape index (κ3) is 7.46. The topological polar surface area (TPSA) is 179 Å². The van der Waals surface area contributed by atoms with Crippen LogP contribution in [-0.4, -0.2) is 89.2 Å². The molecule has 5 atom stereocenters. The van der Waals surface area contributed by atoms with Crippen LogP contribution < -0.4 is 23.7 Å². The minimum Gasteiger partial charge on any atom is -0.493 e. The van der Waals surface area contributed by atoms with Crippen LogP contribution in [0, 0.1) is 0 Å². The summed E-state index contributed by atoms with van der Waals surface area (Å²) in [4.78, 5) is 52.3. The lowest BCUT2D eigenvalue weighted by atomic mass is 9.89. The van der Waals surface area contributed by atoms with E-state index < -0.39 is 55.0 Å². The van der Waals surface area contributed by atoms with E-state index in [1.165, 1.54) is 20.3 Å². The van der Waals surface area contributed by atoms with E-state index >= 15 is 0 Å². The molecule has 0 aromatic heterocycles. The van der Waals surface area contributed by atoms with Crippen molar-refractivity contribution in [2.75, 3.05) is 34.2 Å². The lowest BCUT2D eigenvalue weighted by molar-refractivity contribution is -0.275.